The van der Waals surface area contributed by atoms with Crippen LogP contribution in [0.5, 0.6) is 11.6 Å². The van der Waals surface area contributed by atoms with Crippen LogP contribution in [-0.2, 0) is 0 Å². The molecule has 2 aromatic rings. The molecule has 2 rings (SSSR count). The van der Waals surface area contributed by atoms with Gasteiger partial charge in [-0.25, -0.2) is 4.98 Å². The van der Waals surface area contributed by atoms with E-state index < -0.39 is 0 Å². The second-order valence-corrected chi connectivity index (χ2v) is 4.29. The van der Waals surface area contributed by atoms with Gasteiger partial charge in [0.05, 0.1) is 19.8 Å². The smallest absolute Gasteiger partial charge is 0.218 e. The van der Waals surface area contributed by atoms with Crippen LogP contribution < -0.4 is 14.8 Å². The van der Waals surface area contributed by atoms with Crippen molar-refractivity contribution in [3.8, 4) is 11.6 Å². The van der Waals surface area contributed by atoms with Gasteiger partial charge in [0.1, 0.15) is 5.75 Å². The average Bonchev–Trinajstić information content (AvgIpc) is 2.50. The molecule has 0 bridgehead atoms. The van der Waals surface area contributed by atoms with E-state index in [0.717, 1.165) is 16.9 Å². The van der Waals surface area contributed by atoms with Crippen LogP contribution in [0.2, 0.25) is 0 Å². The van der Waals surface area contributed by atoms with Crippen LogP contribution in [0.1, 0.15) is 24.1 Å². The van der Waals surface area contributed by atoms with Crippen molar-refractivity contribution >= 4 is 0 Å². The standard InChI is InChI=1S/C16H20N2O2/c1-4-20-14-10-6-5-8-12(14)15(17-2)13-9-7-11-18-16(13)19-3/h5-11,15,17H,4H2,1-3H3. The lowest BCUT2D eigenvalue weighted by Gasteiger charge is -2.21. The van der Waals surface area contributed by atoms with Crippen molar-refractivity contribution in [3.05, 3.63) is 53.7 Å². The molecule has 0 saturated carbocycles. The number of hydrogen-bond acceptors (Lipinski definition) is 4. The van der Waals surface area contributed by atoms with Crippen molar-refractivity contribution in [2.75, 3.05) is 20.8 Å². The van der Waals surface area contributed by atoms with Crippen molar-refractivity contribution < 1.29 is 9.47 Å². The van der Waals surface area contributed by atoms with Gasteiger partial charge in [-0.15, -0.1) is 0 Å². The summed E-state index contributed by atoms with van der Waals surface area (Å²) in [5.74, 6) is 1.50. The van der Waals surface area contributed by atoms with Crippen LogP contribution in [0.4, 0.5) is 0 Å². The number of ether oxygens (including phenoxy) is 2. The maximum atomic E-state index is 5.71. The van der Waals surface area contributed by atoms with Gasteiger partial charge in [0.2, 0.25) is 5.88 Å². The highest BCUT2D eigenvalue weighted by Gasteiger charge is 2.20. The summed E-state index contributed by atoms with van der Waals surface area (Å²) in [5.41, 5.74) is 2.06. The topological polar surface area (TPSA) is 43.4 Å². The van der Waals surface area contributed by atoms with Gasteiger partial charge in [0.15, 0.2) is 0 Å². The fourth-order valence-corrected chi connectivity index (χ4v) is 2.28. The molecule has 0 aliphatic carbocycles. The minimum absolute atomic E-state index is 0.0265. The second kappa shape index (κ2) is 6.91. The van der Waals surface area contributed by atoms with Gasteiger partial charge in [0, 0.05) is 17.3 Å². The fraction of sp³-hybridized carbons (Fsp3) is 0.312. The van der Waals surface area contributed by atoms with Crippen LogP contribution in [0, 0.1) is 0 Å². The van der Waals surface area contributed by atoms with Crippen molar-refractivity contribution in [1.82, 2.24) is 10.3 Å². The van der Waals surface area contributed by atoms with Crippen LogP contribution in [0.3, 0.4) is 0 Å². The molecule has 1 heterocycles. The Kier molecular flexibility index (Phi) is 4.96. The van der Waals surface area contributed by atoms with Crippen molar-refractivity contribution in [1.29, 1.82) is 0 Å². The molecule has 0 amide bonds. The van der Waals surface area contributed by atoms with Gasteiger partial charge in [-0.05, 0) is 26.1 Å². The monoisotopic (exact) mass is 272 g/mol. The molecule has 1 N–H and O–H groups in total. The van der Waals surface area contributed by atoms with E-state index in [0.29, 0.717) is 12.5 Å². The second-order valence-electron chi connectivity index (χ2n) is 4.29. The Balaban J connectivity index is 2.47. The van der Waals surface area contributed by atoms with Crippen LogP contribution in [0.15, 0.2) is 42.6 Å². The predicted molar refractivity (Wildman–Crippen MR) is 79.3 cm³/mol. The van der Waals surface area contributed by atoms with Gasteiger partial charge in [-0.2, -0.15) is 0 Å². The van der Waals surface area contributed by atoms with Crippen LogP contribution in [0.25, 0.3) is 0 Å². The van der Waals surface area contributed by atoms with E-state index in [2.05, 4.69) is 16.4 Å². The highest BCUT2D eigenvalue weighted by molar-refractivity contribution is 5.44. The number of methoxy groups -OCH3 is 1. The third kappa shape index (κ3) is 2.91. The average molecular weight is 272 g/mol. The fourth-order valence-electron chi connectivity index (χ4n) is 2.28. The molecule has 0 saturated heterocycles. The van der Waals surface area contributed by atoms with Gasteiger partial charge in [0.25, 0.3) is 0 Å². The maximum Gasteiger partial charge on any atom is 0.218 e. The first-order valence-corrected chi connectivity index (χ1v) is 6.69. The number of benzene rings is 1. The maximum absolute atomic E-state index is 5.71. The lowest BCUT2D eigenvalue weighted by Crippen LogP contribution is -2.19. The molecule has 1 aromatic carbocycles. The van der Waals surface area contributed by atoms with Gasteiger partial charge < -0.3 is 14.8 Å². The number of para-hydroxylation sites is 1. The number of aromatic nitrogens is 1. The summed E-state index contributed by atoms with van der Waals surface area (Å²) in [6.45, 7) is 2.62. The van der Waals surface area contributed by atoms with Gasteiger partial charge >= 0.3 is 0 Å². The lowest BCUT2D eigenvalue weighted by molar-refractivity contribution is 0.333. The van der Waals surface area contributed by atoms with Crippen molar-refractivity contribution in [2.45, 2.75) is 13.0 Å². The first kappa shape index (κ1) is 14.3. The number of nitrogens with zero attached hydrogens (tertiary/aromatic N) is 1. The Hall–Kier alpha value is -2.07. The molecule has 0 fully saturated rings. The van der Waals surface area contributed by atoms with E-state index >= 15 is 0 Å². The Morgan fingerprint density at radius 1 is 1.15 bits per heavy atom. The highest BCUT2D eigenvalue weighted by atomic mass is 16.5. The summed E-state index contributed by atoms with van der Waals surface area (Å²) in [6.07, 6.45) is 1.73. The Morgan fingerprint density at radius 2 is 1.90 bits per heavy atom. The van der Waals surface area contributed by atoms with Crippen molar-refractivity contribution in [2.24, 2.45) is 0 Å². The number of rotatable bonds is 6. The SMILES string of the molecule is CCOc1ccccc1C(NC)c1cccnc1OC. The molecule has 0 aliphatic rings. The number of nitrogens with one attached hydrogen (secondary N) is 1. The zero-order valence-electron chi connectivity index (χ0n) is 12.1. The zero-order chi connectivity index (χ0) is 14.4. The van der Waals surface area contributed by atoms with Crippen LogP contribution >= 0.6 is 0 Å². The summed E-state index contributed by atoms with van der Waals surface area (Å²) in [5, 5.41) is 3.31. The molecule has 106 valence electrons. The largest absolute Gasteiger partial charge is 0.494 e. The summed E-state index contributed by atoms with van der Waals surface area (Å²) in [6, 6.07) is 11.9. The van der Waals surface area contributed by atoms with E-state index in [4.69, 9.17) is 9.47 Å². The summed E-state index contributed by atoms with van der Waals surface area (Å²) >= 11 is 0. The normalized spacial score (nSPS) is 11.9. The first-order valence-electron chi connectivity index (χ1n) is 6.69. The van der Waals surface area contributed by atoms with Crippen molar-refractivity contribution in [3.63, 3.8) is 0 Å². The highest BCUT2D eigenvalue weighted by Crippen LogP contribution is 2.33. The lowest BCUT2D eigenvalue weighted by atomic mass is 9.99. The number of pyridine rings is 1. The third-order valence-electron chi connectivity index (χ3n) is 3.12. The molecular weight excluding hydrogens is 252 g/mol. The molecule has 0 radical (unpaired) electrons. The first-order chi connectivity index (χ1) is 9.81. The molecule has 0 aliphatic heterocycles. The minimum atomic E-state index is -0.0265. The molecule has 1 atom stereocenters. The quantitative estimate of drug-likeness (QED) is 0.878. The molecule has 4 heteroatoms. The van der Waals surface area contributed by atoms with E-state index in [1.807, 2.05) is 44.3 Å². The Bertz CT molecular complexity index is 558. The molecule has 1 aromatic heterocycles. The van der Waals surface area contributed by atoms with E-state index in [1.165, 1.54) is 0 Å². The van der Waals surface area contributed by atoms with E-state index in [-0.39, 0.29) is 6.04 Å². The molecule has 4 nitrogen and oxygen atoms in total. The molecular formula is C16H20N2O2. The third-order valence-corrected chi connectivity index (χ3v) is 3.12. The molecule has 1 unspecified atom stereocenters. The summed E-state index contributed by atoms with van der Waals surface area (Å²) in [4.78, 5) is 4.26. The van der Waals surface area contributed by atoms with Gasteiger partial charge in [-0.1, -0.05) is 24.3 Å². The van der Waals surface area contributed by atoms with Gasteiger partial charge in [-0.3, -0.25) is 0 Å². The molecule has 0 spiro atoms. The van der Waals surface area contributed by atoms with E-state index in [1.54, 1.807) is 13.3 Å². The Labute approximate surface area is 119 Å². The summed E-state index contributed by atoms with van der Waals surface area (Å²) < 4.78 is 11.1. The van der Waals surface area contributed by atoms with Crippen LogP contribution in [-0.4, -0.2) is 25.7 Å². The summed E-state index contributed by atoms with van der Waals surface area (Å²) in [7, 11) is 3.55. The minimum Gasteiger partial charge on any atom is -0.494 e. The Morgan fingerprint density at radius 3 is 2.60 bits per heavy atom. The number of hydrogen-bond donors (Lipinski definition) is 1. The zero-order valence-corrected chi connectivity index (χ0v) is 12.1. The molecule has 20 heavy (non-hydrogen) atoms. The van der Waals surface area contributed by atoms with E-state index in [9.17, 15) is 0 Å². The predicted octanol–water partition coefficient (Wildman–Crippen LogP) is 2.80.